The van der Waals surface area contributed by atoms with Crippen molar-refractivity contribution in [2.24, 2.45) is 11.8 Å². The highest BCUT2D eigenvalue weighted by atomic mass is 16.6. The fourth-order valence-corrected chi connectivity index (χ4v) is 4.00. The zero-order valence-electron chi connectivity index (χ0n) is 12.0. The molecule has 3 nitrogen and oxygen atoms in total. The lowest BCUT2D eigenvalue weighted by Crippen LogP contribution is -2.31. The fourth-order valence-electron chi connectivity index (χ4n) is 4.00. The van der Waals surface area contributed by atoms with E-state index in [9.17, 15) is 0 Å². The van der Waals surface area contributed by atoms with Gasteiger partial charge in [-0.05, 0) is 29.9 Å². The molecule has 0 radical (unpaired) electrons. The van der Waals surface area contributed by atoms with Crippen LogP contribution in [0.3, 0.4) is 0 Å². The molecule has 0 saturated heterocycles. The lowest BCUT2D eigenvalue weighted by molar-refractivity contribution is 0.171. The summed E-state index contributed by atoms with van der Waals surface area (Å²) in [5.41, 5.74) is 2.66. The second-order valence-electron chi connectivity index (χ2n) is 6.40. The van der Waals surface area contributed by atoms with Crippen molar-refractivity contribution in [1.29, 1.82) is 0 Å². The molecular weight excluding hydrogens is 250 g/mol. The van der Waals surface area contributed by atoms with E-state index in [1.165, 1.54) is 49.8 Å². The number of hydrogen-bond acceptors (Lipinski definition) is 3. The van der Waals surface area contributed by atoms with Crippen molar-refractivity contribution in [2.45, 2.75) is 38.5 Å². The van der Waals surface area contributed by atoms with Crippen molar-refractivity contribution in [3.05, 3.63) is 17.7 Å². The first kappa shape index (κ1) is 12.4. The Labute approximate surface area is 120 Å². The molecule has 2 aliphatic heterocycles. The van der Waals surface area contributed by atoms with Gasteiger partial charge in [0.05, 0.1) is 0 Å². The monoisotopic (exact) mass is 273 g/mol. The van der Waals surface area contributed by atoms with E-state index >= 15 is 0 Å². The molecule has 3 heteroatoms. The molecule has 0 spiro atoms. The van der Waals surface area contributed by atoms with E-state index in [0.29, 0.717) is 13.2 Å². The summed E-state index contributed by atoms with van der Waals surface area (Å²) in [5.74, 6) is 3.54. The van der Waals surface area contributed by atoms with Crippen LogP contribution >= 0.6 is 0 Å². The molecule has 0 bridgehead atoms. The van der Waals surface area contributed by atoms with Crippen LogP contribution in [0.2, 0.25) is 0 Å². The van der Waals surface area contributed by atoms with Gasteiger partial charge in [0.2, 0.25) is 0 Å². The highest BCUT2D eigenvalue weighted by Crippen LogP contribution is 2.41. The topological polar surface area (TPSA) is 30.5 Å². The molecule has 108 valence electrons. The van der Waals surface area contributed by atoms with Crippen LogP contribution in [0.1, 0.15) is 37.7 Å². The Kier molecular flexibility index (Phi) is 3.21. The van der Waals surface area contributed by atoms with E-state index in [1.807, 2.05) is 0 Å². The van der Waals surface area contributed by atoms with Crippen molar-refractivity contribution in [2.75, 3.05) is 25.1 Å². The van der Waals surface area contributed by atoms with Crippen LogP contribution in [0.4, 0.5) is 5.69 Å². The second kappa shape index (κ2) is 5.19. The summed E-state index contributed by atoms with van der Waals surface area (Å²) in [6.07, 6.45) is 8.33. The third-order valence-electron chi connectivity index (χ3n) is 5.12. The number of fused-ring (bicyclic) bond motifs is 2. The van der Waals surface area contributed by atoms with Crippen LogP contribution < -0.4 is 14.8 Å². The maximum absolute atomic E-state index is 5.72. The fraction of sp³-hybridized carbons (Fsp3) is 0.647. The highest BCUT2D eigenvalue weighted by Gasteiger charge is 2.28. The van der Waals surface area contributed by atoms with Crippen LogP contribution in [0, 0.1) is 11.8 Å². The van der Waals surface area contributed by atoms with Crippen LogP contribution in [0.25, 0.3) is 0 Å². The van der Waals surface area contributed by atoms with Crippen molar-refractivity contribution in [1.82, 2.24) is 0 Å². The predicted molar refractivity (Wildman–Crippen MR) is 79.7 cm³/mol. The summed E-state index contributed by atoms with van der Waals surface area (Å²) in [6.45, 7) is 2.46. The highest BCUT2D eigenvalue weighted by molar-refractivity contribution is 5.62. The van der Waals surface area contributed by atoms with E-state index in [1.54, 1.807) is 0 Å². The van der Waals surface area contributed by atoms with Crippen LogP contribution in [-0.4, -0.2) is 19.8 Å². The molecule has 3 aliphatic rings. The van der Waals surface area contributed by atoms with Crippen molar-refractivity contribution >= 4 is 5.69 Å². The van der Waals surface area contributed by atoms with Gasteiger partial charge in [-0.2, -0.15) is 0 Å². The number of ether oxygens (including phenoxy) is 2. The first-order chi connectivity index (χ1) is 9.90. The quantitative estimate of drug-likeness (QED) is 0.847. The van der Waals surface area contributed by atoms with E-state index < -0.39 is 0 Å². The number of hydrogen-bond donors (Lipinski definition) is 1. The van der Waals surface area contributed by atoms with Crippen LogP contribution in [0.15, 0.2) is 12.1 Å². The number of anilines is 1. The number of rotatable bonds is 1. The molecule has 1 saturated carbocycles. The normalized spacial score (nSPS) is 25.7. The van der Waals surface area contributed by atoms with E-state index in [-0.39, 0.29) is 0 Å². The van der Waals surface area contributed by atoms with Crippen molar-refractivity contribution in [3.8, 4) is 11.5 Å². The minimum Gasteiger partial charge on any atom is -0.486 e. The maximum atomic E-state index is 5.72. The molecule has 0 aromatic heterocycles. The van der Waals surface area contributed by atoms with Gasteiger partial charge in [0, 0.05) is 18.3 Å². The Bertz CT molecular complexity index is 494. The summed E-state index contributed by atoms with van der Waals surface area (Å²) in [6, 6.07) is 4.33. The Morgan fingerprint density at radius 1 is 0.900 bits per heavy atom. The molecule has 1 N–H and O–H groups in total. The first-order valence-electron chi connectivity index (χ1n) is 8.06. The van der Waals surface area contributed by atoms with Gasteiger partial charge in [-0.15, -0.1) is 0 Å². The molecule has 1 aromatic rings. The van der Waals surface area contributed by atoms with Crippen LogP contribution in [-0.2, 0) is 6.42 Å². The predicted octanol–water partition coefficient (Wildman–Crippen LogP) is 3.62. The summed E-state index contributed by atoms with van der Waals surface area (Å²) in [5, 5.41) is 3.62. The van der Waals surface area contributed by atoms with Gasteiger partial charge in [0.15, 0.2) is 11.5 Å². The van der Waals surface area contributed by atoms with Crippen molar-refractivity contribution < 1.29 is 9.47 Å². The summed E-state index contributed by atoms with van der Waals surface area (Å²) in [7, 11) is 0. The Hall–Kier alpha value is -1.38. The third kappa shape index (κ3) is 2.23. The Balaban J connectivity index is 1.55. The average Bonchev–Trinajstić information content (AvgIpc) is 2.53. The van der Waals surface area contributed by atoms with Gasteiger partial charge >= 0.3 is 0 Å². The molecule has 1 atom stereocenters. The lowest BCUT2D eigenvalue weighted by atomic mass is 9.76. The van der Waals surface area contributed by atoms with E-state index in [2.05, 4.69) is 17.4 Å². The standard InChI is InChI=1S/C17H23NO2/c1-2-4-12(5-3-1)14-8-13-9-16-17(20-7-6-19-16)10-15(13)18-11-14/h9-10,12,14,18H,1-8,11H2. The van der Waals surface area contributed by atoms with Gasteiger partial charge in [0.25, 0.3) is 0 Å². The minimum absolute atomic E-state index is 0.663. The molecule has 1 unspecified atom stereocenters. The molecule has 1 fully saturated rings. The zero-order chi connectivity index (χ0) is 13.4. The van der Waals surface area contributed by atoms with Gasteiger partial charge in [0.1, 0.15) is 13.2 Å². The Morgan fingerprint density at radius 2 is 1.65 bits per heavy atom. The molecule has 20 heavy (non-hydrogen) atoms. The maximum Gasteiger partial charge on any atom is 0.163 e. The second-order valence-corrected chi connectivity index (χ2v) is 6.40. The van der Waals surface area contributed by atoms with Crippen molar-refractivity contribution in [3.63, 3.8) is 0 Å². The summed E-state index contributed by atoms with van der Waals surface area (Å²) in [4.78, 5) is 0. The molecule has 0 amide bonds. The summed E-state index contributed by atoms with van der Waals surface area (Å²) < 4.78 is 11.4. The zero-order valence-corrected chi connectivity index (χ0v) is 12.0. The number of benzene rings is 1. The average molecular weight is 273 g/mol. The van der Waals surface area contributed by atoms with Gasteiger partial charge in [-0.1, -0.05) is 32.1 Å². The molecule has 4 rings (SSSR count). The van der Waals surface area contributed by atoms with E-state index in [4.69, 9.17) is 9.47 Å². The molecule has 1 aromatic carbocycles. The minimum atomic E-state index is 0.663. The third-order valence-corrected chi connectivity index (χ3v) is 5.12. The summed E-state index contributed by atoms with van der Waals surface area (Å²) >= 11 is 0. The first-order valence-corrected chi connectivity index (χ1v) is 8.06. The van der Waals surface area contributed by atoms with E-state index in [0.717, 1.165) is 29.9 Å². The van der Waals surface area contributed by atoms with Gasteiger partial charge < -0.3 is 14.8 Å². The SMILES string of the molecule is c1c2c(cc3c1OCCO3)NCC(C1CCCCC1)C2. The molecule has 2 heterocycles. The smallest absolute Gasteiger partial charge is 0.163 e. The Morgan fingerprint density at radius 3 is 2.45 bits per heavy atom. The van der Waals surface area contributed by atoms with Gasteiger partial charge in [-0.3, -0.25) is 0 Å². The molecule has 1 aliphatic carbocycles. The van der Waals surface area contributed by atoms with Crippen LogP contribution in [0.5, 0.6) is 11.5 Å². The lowest BCUT2D eigenvalue weighted by Gasteiger charge is -2.35. The molecular formula is C17H23NO2. The number of nitrogens with one attached hydrogen (secondary N) is 1. The van der Waals surface area contributed by atoms with Gasteiger partial charge in [-0.25, -0.2) is 0 Å². The largest absolute Gasteiger partial charge is 0.486 e.